The highest BCUT2D eigenvalue weighted by atomic mass is 16.5. The second kappa shape index (κ2) is 9.76. The lowest BCUT2D eigenvalue weighted by Gasteiger charge is -2.45. The minimum absolute atomic E-state index is 0.0833. The maximum atomic E-state index is 12.2. The average molecular weight is 433 g/mol. The fraction of sp³-hybridized carbons (Fsp3) is 0.536. The van der Waals surface area contributed by atoms with Gasteiger partial charge in [-0.05, 0) is 85.7 Å². The maximum Gasteiger partial charge on any atom is 0.224 e. The number of fused-ring (bicyclic) bond motifs is 1. The van der Waals surface area contributed by atoms with Crippen molar-refractivity contribution in [3.05, 3.63) is 70.8 Å². The molecule has 5 rings (SSSR count). The van der Waals surface area contributed by atoms with Gasteiger partial charge in [0.25, 0.3) is 0 Å². The Morgan fingerprint density at radius 3 is 2.59 bits per heavy atom. The van der Waals surface area contributed by atoms with Crippen LogP contribution in [0.1, 0.15) is 54.4 Å². The summed E-state index contributed by atoms with van der Waals surface area (Å²) in [5.74, 6) is 0.0833. The van der Waals surface area contributed by atoms with Gasteiger partial charge in [-0.2, -0.15) is 0 Å². The highest BCUT2D eigenvalue weighted by molar-refractivity contribution is 5.78. The Morgan fingerprint density at radius 1 is 1.00 bits per heavy atom. The van der Waals surface area contributed by atoms with E-state index in [9.17, 15) is 4.79 Å². The van der Waals surface area contributed by atoms with Crippen molar-refractivity contribution in [2.24, 2.45) is 5.41 Å². The third-order valence-corrected chi connectivity index (χ3v) is 7.84. The molecule has 2 fully saturated rings. The molecule has 0 radical (unpaired) electrons. The van der Waals surface area contributed by atoms with Crippen LogP contribution in [0.2, 0.25) is 0 Å². The van der Waals surface area contributed by atoms with Crippen molar-refractivity contribution >= 4 is 5.91 Å². The van der Waals surface area contributed by atoms with Crippen LogP contribution in [-0.2, 0) is 35.3 Å². The largest absolute Gasteiger partial charge is 0.376 e. The number of carbonyl (C=O) groups is 1. The minimum Gasteiger partial charge on any atom is -0.376 e. The second-order valence-corrected chi connectivity index (χ2v) is 10.2. The summed E-state index contributed by atoms with van der Waals surface area (Å²) < 4.78 is 6.24. The van der Waals surface area contributed by atoms with E-state index in [0.29, 0.717) is 18.4 Å². The lowest BCUT2D eigenvalue weighted by Crippen LogP contribution is -2.47. The van der Waals surface area contributed by atoms with Crippen LogP contribution in [0.3, 0.4) is 0 Å². The van der Waals surface area contributed by atoms with Gasteiger partial charge in [-0.1, -0.05) is 48.5 Å². The Bertz CT molecular complexity index is 908. The van der Waals surface area contributed by atoms with Crippen LogP contribution in [0.15, 0.2) is 48.5 Å². The monoisotopic (exact) mass is 432 g/mol. The van der Waals surface area contributed by atoms with Crippen LogP contribution in [0.5, 0.6) is 0 Å². The molecule has 2 aromatic carbocycles. The average Bonchev–Trinajstić information content (AvgIpc) is 3.29. The van der Waals surface area contributed by atoms with E-state index in [1.165, 1.54) is 57.2 Å². The Hall–Kier alpha value is -2.17. The van der Waals surface area contributed by atoms with Gasteiger partial charge in [0.2, 0.25) is 5.91 Å². The minimum atomic E-state index is 0.0833. The number of piperidine rings is 1. The molecule has 2 aliphatic heterocycles. The number of amides is 1. The molecule has 3 aliphatic rings. The molecule has 0 aromatic heterocycles. The lowest BCUT2D eigenvalue weighted by molar-refractivity contribution is -0.122. The fourth-order valence-corrected chi connectivity index (χ4v) is 5.71. The quantitative estimate of drug-likeness (QED) is 0.740. The number of carbonyl (C=O) groups excluding carboxylic acids is 1. The SMILES string of the molecule is O=C(Cc1ccccc1)NCC1CCC2(CCN(Cc3ccc4c(c3)CCC4)CC2)CO1. The van der Waals surface area contributed by atoms with Crippen LogP contribution >= 0.6 is 0 Å². The molecule has 4 heteroatoms. The summed E-state index contributed by atoms with van der Waals surface area (Å²) >= 11 is 0. The second-order valence-electron chi connectivity index (χ2n) is 10.2. The number of likely N-dealkylation sites (tertiary alicyclic amines) is 1. The van der Waals surface area contributed by atoms with Crippen molar-refractivity contribution in [2.75, 3.05) is 26.2 Å². The molecule has 2 saturated heterocycles. The van der Waals surface area contributed by atoms with Gasteiger partial charge < -0.3 is 10.1 Å². The summed E-state index contributed by atoms with van der Waals surface area (Å²) in [5, 5.41) is 3.07. The third-order valence-electron chi connectivity index (χ3n) is 7.84. The molecule has 32 heavy (non-hydrogen) atoms. The summed E-state index contributed by atoms with van der Waals surface area (Å²) in [5.41, 5.74) is 6.03. The topological polar surface area (TPSA) is 41.6 Å². The Labute approximate surface area is 192 Å². The van der Waals surface area contributed by atoms with Gasteiger partial charge in [0.1, 0.15) is 0 Å². The molecule has 1 amide bonds. The number of aryl methyl sites for hydroxylation is 2. The Kier molecular flexibility index (Phi) is 6.61. The number of rotatable bonds is 6. The van der Waals surface area contributed by atoms with Crippen molar-refractivity contribution in [3.8, 4) is 0 Å². The zero-order chi connectivity index (χ0) is 21.8. The lowest BCUT2D eigenvalue weighted by atomic mass is 9.73. The predicted molar refractivity (Wildman–Crippen MR) is 128 cm³/mol. The first-order valence-corrected chi connectivity index (χ1v) is 12.4. The van der Waals surface area contributed by atoms with Crippen LogP contribution < -0.4 is 5.32 Å². The molecule has 0 bridgehead atoms. The molecule has 1 spiro atoms. The van der Waals surface area contributed by atoms with Crippen LogP contribution in [0, 0.1) is 5.41 Å². The van der Waals surface area contributed by atoms with E-state index < -0.39 is 0 Å². The summed E-state index contributed by atoms with van der Waals surface area (Å²) in [6.07, 6.45) is 9.17. The van der Waals surface area contributed by atoms with Crippen molar-refractivity contribution in [3.63, 3.8) is 0 Å². The first kappa shape index (κ1) is 21.7. The fourth-order valence-electron chi connectivity index (χ4n) is 5.71. The van der Waals surface area contributed by atoms with Crippen molar-refractivity contribution in [1.29, 1.82) is 0 Å². The van der Waals surface area contributed by atoms with Gasteiger partial charge in [0.15, 0.2) is 0 Å². The Balaban J connectivity index is 1.03. The van der Waals surface area contributed by atoms with Crippen LogP contribution in [-0.4, -0.2) is 43.2 Å². The van der Waals surface area contributed by atoms with Gasteiger partial charge in [-0.15, -0.1) is 0 Å². The van der Waals surface area contributed by atoms with Crippen molar-refractivity contribution in [1.82, 2.24) is 10.2 Å². The van der Waals surface area contributed by atoms with Gasteiger partial charge >= 0.3 is 0 Å². The zero-order valence-corrected chi connectivity index (χ0v) is 19.2. The standard InChI is InChI=1S/C28H36N2O2/c31-27(18-22-5-2-1-3-6-22)29-19-26-11-12-28(21-32-26)13-15-30(16-14-28)20-23-9-10-24-7-4-8-25(24)17-23/h1-3,5-6,9-10,17,26H,4,7-8,11-16,18-21H2,(H,29,31). The molecule has 1 aliphatic carbocycles. The number of hydrogen-bond acceptors (Lipinski definition) is 3. The molecular formula is C28H36N2O2. The van der Waals surface area contributed by atoms with Crippen molar-refractivity contribution in [2.45, 2.75) is 64.0 Å². The first-order valence-electron chi connectivity index (χ1n) is 12.4. The van der Waals surface area contributed by atoms with E-state index >= 15 is 0 Å². The van der Waals surface area contributed by atoms with Gasteiger partial charge in [-0.3, -0.25) is 9.69 Å². The summed E-state index contributed by atoms with van der Waals surface area (Å²) in [6, 6.07) is 17.1. The maximum absolute atomic E-state index is 12.2. The summed E-state index contributed by atoms with van der Waals surface area (Å²) in [6.45, 7) is 4.89. The molecule has 1 N–H and O–H groups in total. The smallest absolute Gasteiger partial charge is 0.224 e. The molecule has 2 aromatic rings. The van der Waals surface area contributed by atoms with Gasteiger partial charge in [0, 0.05) is 13.1 Å². The summed E-state index contributed by atoms with van der Waals surface area (Å²) in [4.78, 5) is 14.8. The van der Waals surface area contributed by atoms with Crippen LogP contribution in [0.25, 0.3) is 0 Å². The van der Waals surface area contributed by atoms with E-state index in [4.69, 9.17) is 4.74 Å². The van der Waals surface area contributed by atoms with E-state index in [1.807, 2.05) is 30.3 Å². The molecule has 2 heterocycles. The predicted octanol–water partition coefficient (Wildman–Crippen LogP) is 4.30. The first-order chi connectivity index (χ1) is 15.7. The molecule has 170 valence electrons. The number of ether oxygens (including phenoxy) is 1. The highest BCUT2D eigenvalue weighted by Crippen LogP contribution is 2.40. The number of nitrogens with zero attached hydrogens (tertiary/aromatic N) is 1. The number of hydrogen-bond donors (Lipinski definition) is 1. The summed E-state index contributed by atoms with van der Waals surface area (Å²) in [7, 11) is 0. The highest BCUT2D eigenvalue weighted by Gasteiger charge is 2.38. The van der Waals surface area contributed by atoms with Gasteiger partial charge in [-0.25, -0.2) is 0 Å². The van der Waals surface area contributed by atoms with E-state index in [2.05, 4.69) is 28.4 Å². The number of benzene rings is 2. The molecule has 4 nitrogen and oxygen atoms in total. The van der Waals surface area contributed by atoms with Crippen LogP contribution in [0.4, 0.5) is 0 Å². The number of nitrogens with one attached hydrogen (secondary N) is 1. The Morgan fingerprint density at radius 2 is 1.81 bits per heavy atom. The molecule has 1 unspecified atom stereocenters. The third kappa shape index (κ3) is 5.24. The van der Waals surface area contributed by atoms with Crippen molar-refractivity contribution < 1.29 is 9.53 Å². The van der Waals surface area contributed by atoms with Gasteiger partial charge in [0.05, 0.1) is 19.1 Å². The van der Waals surface area contributed by atoms with E-state index in [0.717, 1.165) is 25.1 Å². The molecule has 1 atom stereocenters. The van der Waals surface area contributed by atoms with E-state index in [-0.39, 0.29) is 12.0 Å². The molecule has 0 saturated carbocycles. The normalized spacial score (nSPS) is 22.6. The zero-order valence-electron chi connectivity index (χ0n) is 19.2. The molecular weight excluding hydrogens is 396 g/mol. The van der Waals surface area contributed by atoms with E-state index in [1.54, 1.807) is 11.1 Å².